The normalized spacial score (nSPS) is 14.8. The molecular weight excluding hydrogens is 399 g/mol. The summed E-state index contributed by atoms with van der Waals surface area (Å²) < 4.78 is 16.2. The Balaban J connectivity index is 1.35. The Morgan fingerprint density at radius 1 is 1.13 bits per heavy atom. The van der Waals surface area contributed by atoms with E-state index in [1.165, 1.54) is 12.1 Å². The summed E-state index contributed by atoms with van der Waals surface area (Å²) in [4.78, 5) is 27.6. The Morgan fingerprint density at radius 3 is 2.74 bits per heavy atom. The predicted octanol–water partition coefficient (Wildman–Crippen LogP) is 4.12. The van der Waals surface area contributed by atoms with Gasteiger partial charge in [0.1, 0.15) is 11.3 Å². The molecule has 0 fully saturated rings. The maximum absolute atomic E-state index is 14.3. The van der Waals surface area contributed by atoms with Crippen LogP contribution in [0.25, 0.3) is 22.1 Å². The molecule has 2 aromatic heterocycles. The highest BCUT2D eigenvalue weighted by atomic mass is 19.1. The zero-order chi connectivity index (χ0) is 21.5. The first-order chi connectivity index (χ1) is 15.0. The zero-order valence-corrected chi connectivity index (χ0v) is 16.5. The van der Waals surface area contributed by atoms with Crippen molar-refractivity contribution in [2.24, 2.45) is 0 Å². The molecule has 3 heterocycles. The quantitative estimate of drug-likeness (QED) is 0.399. The highest BCUT2D eigenvalue weighted by Gasteiger charge is 2.18. The molecule has 0 unspecified atom stereocenters. The molecule has 156 valence electrons. The van der Waals surface area contributed by atoms with E-state index in [-0.39, 0.29) is 11.2 Å². The van der Waals surface area contributed by atoms with Gasteiger partial charge in [-0.15, -0.1) is 0 Å². The van der Waals surface area contributed by atoms with Crippen LogP contribution in [0.3, 0.4) is 0 Å². The van der Waals surface area contributed by atoms with Crippen molar-refractivity contribution >= 4 is 27.8 Å². The van der Waals surface area contributed by atoms with Crippen LogP contribution in [0.5, 0.6) is 0 Å². The molecule has 5 rings (SSSR count). The number of hydrogen-bond donors (Lipinski definition) is 1. The van der Waals surface area contributed by atoms with Crippen LogP contribution in [0.4, 0.5) is 10.1 Å². The van der Waals surface area contributed by atoms with Gasteiger partial charge >= 0.3 is 0 Å². The highest BCUT2D eigenvalue weighted by molar-refractivity contribution is 5.79. The Labute approximate surface area is 176 Å². The van der Waals surface area contributed by atoms with Crippen LogP contribution in [0.15, 0.2) is 65.6 Å². The molecule has 0 spiro atoms. The number of benzene rings is 2. The van der Waals surface area contributed by atoms with Crippen LogP contribution in [0, 0.1) is 15.9 Å². The number of rotatable bonds is 4. The molecule has 0 bridgehead atoms. The van der Waals surface area contributed by atoms with Crippen molar-refractivity contribution in [2.75, 3.05) is 13.1 Å². The second-order valence-electron chi connectivity index (χ2n) is 7.70. The molecule has 31 heavy (non-hydrogen) atoms. The van der Waals surface area contributed by atoms with E-state index in [9.17, 15) is 19.3 Å². The van der Waals surface area contributed by atoms with E-state index in [0.29, 0.717) is 30.6 Å². The molecule has 0 amide bonds. The SMILES string of the molecule is O=c1[nH]c2cc(CN3CC=C(c4ccc([N+](=O)[O-])cc4F)CC3)ccc2n2cccc12. The van der Waals surface area contributed by atoms with E-state index >= 15 is 0 Å². The fourth-order valence-electron chi connectivity index (χ4n) is 4.19. The number of halogens is 1. The molecule has 2 aromatic carbocycles. The van der Waals surface area contributed by atoms with E-state index in [4.69, 9.17) is 0 Å². The van der Waals surface area contributed by atoms with Gasteiger partial charge in [0.05, 0.1) is 22.0 Å². The van der Waals surface area contributed by atoms with Gasteiger partial charge in [-0.2, -0.15) is 0 Å². The average Bonchev–Trinajstić information content (AvgIpc) is 3.25. The van der Waals surface area contributed by atoms with Crippen molar-refractivity contribution in [1.29, 1.82) is 0 Å². The summed E-state index contributed by atoms with van der Waals surface area (Å²) in [6.45, 7) is 2.10. The summed E-state index contributed by atoms with van der Waals surface area (Å²) in [7, 11) is 0. The third-order valence-electron chi connectivity index (χ3n) is 5.76. The summed E-state index contributed by atoms with van der Waals surface area (Å²) in [6, 6.07) is 13.5. The molecule has 1 aliphatic heterocycles. The standard InChI is InChI=1S/C23H19FN4O3/c24-19-13-17(28(30)31)4-5-18(19)16-7-10-26(11-8-16)14-15-3-6-21-20(12-15)25-23(29)22-2-1-9-27(21)22/h1-7,9,12-13H,8,10-11,14H2,(H,25,29). The van der Waals surface area contributed by atoms with Crippen molar-refractivity contribution in [1.82, 2.24) is 14.3 Å². The Kier molecular flexibility index (Phi) is 4.63. The maximum Gasteiger partial charge on any atom is 0.272 e. The largest absolute Gasteiger partial charge is 0.319 e. The van der Waals surface area contributed by atoms with E-state index < -0.39 is 10.7 Å². The number of H-pyrrole nitrogens is 1. The summed E-state index contributed by atoms with van der Waals surface area (Å²) in [5.41, 5.74) is 4.34. The minimum atomic E-state index is -0.595. The van der Waals surface area contributed by atoms with E-state index in [0.717, 1.165) is 34.8 Å². The van der Waals surface area contributed by atoms with Crippen LogP contribution in [-0.4, -0.2) is 32.3 Å². The first kappa shape index (κ1) is 19.2. The second-order valence-corrected chi connectivity index (χ2v) is 7.70. The van der Waals surface area contributed by atoms with Crippen molar-refractivity contribution < 1.29 is 9.31 Å². The fraction of sp³-hybridized carbons (Fsp3) is 0.174. The topological polar surface area (TPSA) is 83.6 Å². The summed E-state index contributed by atoms with van der Waals surface area (Å²) >= 11 is 0. The number of nitrogens with zero attached hydrogens (tertiary/aromatic N) is 3. The number of hydrogen-bond acceptors (Lipinski definition) is 4. The van der Waals surface area contributed by atoms with Gasteiger partial charge < -0.3 is 9.38 Å². The number of nitrogens with one attached hydrogen (secondary N) is 1. The summed E-state index contributed by atoms with van der Waals surface area (Å²) in [5, 5.41) is 10.8. The van der Waals surface area contributed by atoms with Crippen molar-refractivity contribution in [3.05, 3.63) is 98.2 Å². The lowest BCUT2D eigenvalue weighted by molar-refractivity contribution is -0.385. The number of aromatic nitrogens is 2. The predicted molar refractivity (Wildman–Crippen MR) is 116 cm³/mol. The second kappa shape index (κ2) is 7.48. The molecule has 0 aliphatic carbocycles. The number of fused-ring (bicyclic) bond motifs is 3. The van der Waals surface area contributed by atoms with Crippen molar-refractivity contribution in [2.45, 2.75) is 13.0 Å². The molecule has 4 aromatic rings. The number of nitro benzene ring substituents is 1. The van der Waals surface area contributed by atoms with Gasteiger partial charge in [0, 0.05) is 37.5 Å². The van der Waals surface area contributed by atoms with Crippen LogP contribution >= 0.6 is 0 Å². The van der Waals surface area contributed by atoms with Crippen molar-refractivity contribution in [3.8, 4) is 0 Å². The van der Waals surface area contributed by atoms with Gasteiger partial charge in [-0.3, -0.25) is 19.8 Å². The third kappa shape index (κ3) is 3.51. The minimum absolute atomic E-state index is 0.120. The van der Waals surface area contributed by atoms with Crippen LogP contribution in [-0.2, 0) is 6.54 Å². The molecule has 7 nitrogen and oxygen atoms in total. The summed E-state index contributed by atoms with van der Waals surface area (Å²) in [5.74, 6) is -0.566. The van der Waals surface area contributed by atoms with Gasteiger partial charge in [0.2, 0.25) is 0 Å². The lowest BCUT2D eigenvalue weighted by Crippen LogP contribution is -2.28. The molecular formula is C23H19FN4O3. The smallest absolute Gasteiger partial charge is 0.272 e. The average molecular weight is 418 g/mol. The van der Waals surface area contributed by atoms with Gasteiger partial charge in [-0.05, 0) is 47.9 Å². The third-order valence-corrected chi connectivity index (χ3v) is 5.76. The molecule has 0 radical (unpaired) electrons. The first-order valence-electron chi connectivity index (χ1n) is 9.97. The molecule has 0 saturated heterocycles. The first-order valence-corrected chi connectivity index (χ1v) is 9.97. The van der Waals surface area contributed by atoms with E-state index in [1.807, 2.05) is 34.9 Å². The maximum atomic E-state index is 14.3. The molecule has 0 atom stereocenters. The van der Waals surface area contributed by atoms with Crippen LogP contribution in [0.1, 0.15) is 17.5 Å². The number of nitro groups is 1. The number of aromatic amines is 1. The molecule has 0 saturated carbocycles. The Bertz CT molecular complexity index is 1420. The Morgan fingerprint density at radius 2 is 2.00 bits per heavy atom. The van der Waals surface area contributed by atoms with Gasteiger partial charge in [-0.1, -0.05) is 12.1 Å². The van der Waals surface area contributed by atoms with Gasteiger partial charge in [0.15, 0.2) is 0 Å². The number of non-ortho nitro benzene ring substituents is 1. The fourth-order valence-corrected chi connectivity index (χ4v) is 4.19. The molecule has 8 heteroatoms. The van der Waals surface area contributed by atoms with Crippen molar-refractivity contribution in [3.63, 3.8) is 0 Å². The highest BCUT2D eigenvalue weighted by Crippen LogP contribution is 2.28. The van der Waals surface area contributed by atoms with Gasteiger partial charge in [0.25, 0.3) is 11.2 Å². The minimum Gasteiger partial charge on any atom is -0.319 e. The van der Waals surface area contributed by atoms with E-state index in [2.05, 4.69) is 16.0 Å². The Hall–Kier alpha value is -3.78. The zero-order valence-electron chi connectivity index (χ0n) is 16.5. The summed E-state index contributed by atoms with van der Waals surface area (Å²) in [6.07, 6.45) is 4.50. The van der Waals surface area contributed by atoms with Gasteiger partial charge in [-0.25, -0.2) is 4.39 Å². The molecule has 1 N–H and O–H groups in total. The lowest BCUT2D eigenvalue weighted by atomic mass is 9.98. The van der Waals surface area contributed by atoms with E-state index in [1.54, 1.807) is 6.07 Å². The lowest BCUT2D eigenvalue weighted by Gasteiger charge is -2.26. The monoisotopic (exact) mass is 418 g/mol. The molecule has 1 aliphatic rings. The van der Waals surface area contributed by atoms with Crippen LogP contribution < -0.4 is 5.56 Å². The van der Waals surface area contributed by atoms with Crippen LogP contribution in [0.2, 0.25) is 0 Å².